The first-order valence-electron chi connectivity index (χ1n) is 6.87. The molecule has 23 heavy (non-hydrogen) atoms. The van der Waals surface area contributed by atoms with Gasteiger partial charge in [-0.05, 0) is 18.2 Å². The molecular formula is C15H13BrN4O2S. The molecule has 0 atom stereocenters. The van der Waals surface area contributed by atoms with Crippen LogP contribution in [0.15, 0.2) is 50.4 Å². The van der Waals surface area contributed by atoms with Crippen LogP contribution in [0.25, 0.3) is 10.9 Å². The largest absolute Gasteiger partial charge is 0.327 e. The third-order valence-corrected chi connectivity index (χ3v) is 4.67. The first-order valence-corrected chi connectivity index (χ1v) is 8.54. The van der Waals surface area contributed by atoms with Gasteiger partial charge in [0.25, 0.3) is 5.56 Å². The Balaban J connectivity index is 1.82. The minimum atomic E-state index is -0.260. The number of aromatic nitrogens is 3. The number of halogens is 1. The maximum absolute atomic E-state index is 12.4. The maximum Gasteiger partial charge on any atom is 0.261 e. The lowest BCUT2D eigenvalue weighted by Gasteiger charge is -2.05. The lowest BCUT2D eigenvalue weighted by Crippen LogP contribution is -2.22. The number of carbonyl (C=O) groups is 1. The fourth-order valence-electron chi connectivity index (χ4n) is 2.10. The second-order valence-corrected chi connectivity index (χ2v) is 6.75. The van der Waals surface area contributed by atoms with Crippen molar-refractivity contribution < 1.29 is 4.79 Å². The summed E-state index contributed by atoms with van der Waals surface area (Å²) in [7, 11) is 1.83. The molecule has 0 radical (unpaired) electrons. The van der Waals surface area contributed by atoms with Gasteiger partial charge in [0, 0.05) is 36.1 Å². The molecule has 0 spiro atoms. The highest BCUT2D eigenvalue weighted by atomic mass is 79.9. The highest BCUT2D eigenvalue weighted by Gasteiger charge is 2.07. The predicted molar refractivity (Wildman–Crippen MR) is 92.2 cm³/mol. The summed E-state index contributed by atoms with van der Waals surface area (Å²) in [6.45, 7) is 0.256. The van der Waals surface area contributed by atoms with Crippen molar-refractivity contribution >= 4 is 44.1 Å². The number of hydrogen-bond acceptors (Lipinski definition) is 4. The molecule has 0 aliphatic heterocycles. The SMILES string of the molecule is Cn1ccsc1=NC(=O)CCn1cnc2ccc(Br)cc2c1=O. The summed E-state index contributed by atoms with van der Waals surface area (Å²) < 4.78 is 4.04. The van der Waals surface area contributed by atoms with Gasteiger partial charge in [-0.15, -0.1) is 11.3 Å². The molecule has 0 bridgehead atoms. The number of fused-ring (bicyclic) bond motifs is 1. The van der Waals surface area contributed by atoms with Gasteiger partial charge >= 0.3 is 0 Å². The summed E-state index contributed by atoms with van der Waals surface area (Å²) in [5.41, 5.74) is 0.474. The van der Waals surface area contributed by atoms with Crippen molar-refractivity contribution in [2.75, 3.05) is 0 Å². The van der Waals surface area contributed by atoms with E-state index in [-0.39, 0.29) is 24.4 Å². The second-order valence-electron chi connectivity index (χ2n) is 4.96. The fraction of sp³-hybridized carbons (Fsp3) is 0.200. The van der Waals surface area contributed by atoms with Gasteiger partial charge in [0.2, 0.25) is 5.91 Å². The molecule has 0 saturated heterocycles. The van der Waals surface area contributed by atoms with E-state index < -0.39 is 0 Å². The topological polar surface area (TPSA) is 69.2 Å². The predicted octanol–water partition coefficient (Wildman–Crippen LogP) is 2.08. The van der Waals surface area contributed by atoms with Crippen LogP contribution in [0.4, 0.5) is 0 Å². The minimum absolute atomic E-state index is 0.152. The Morgan fingerprint density at radius 3 is 3.00 bits per heavy atom. The Hall–Kier alpha value is -2.06. The molecule has 6 nitrogen and oxygen atoms in total. The number of aryl methyl sites for hydroxylation is 2. The fourth-order valence-corrected chi connectivity index (χ4v) is 3.21. The lowest BCUT2D eigenvalue weighted by atomic mass is 10.2. The average molecular weight is 393 g/mol. The van der Waals surface area contributed by atoms with E-state index in [1.54, 1.807) is 16.7 Å². The Kier molecular flexibility index (Phi) is 4.53. The Bertz CT molecular complexity index is 1000. The standard InChI is InChI=1S/C15H13BrN4O2S/c1-19-6-7-23-15(19)18-13(21)4-5-20-9-17-12-3-2-10(16)8-11(12)14(20)22/h2-3,6-9H,4-5H2,1H3. The molecule has 3 rings (SSSR count). The van der Waals surface area contributed by atoms with Crippen LogP contribution in [-0.4, -0.2) is 20.0 Å². The molecule has 1 aromatic carbocycles. The van der Waals surface area contributed by atoms with Crippen LogP contribution in [0.3, 0.4) is 0 Å². The molecule has 0 fully saturated rings. The molecule has 8 heteroatoms. The average Bonchev–Trinajstić information content (AvgIpc) is 2.92. The lowest BCUT2D eigenvalue weighted by molar-refractivity contribution is -0.118. The van der Waals surface area contributed by atoms with Crippen LogP contribution in [0.5, 0.6) is 0 Å². The van der Waals surface area contributed by atoms with E-state index >= 15 is 0 Å². The molecular weight excluding hydrogens is 380 g/mol. The van der Waals surface area contributed by atoms with Gasteiger partial charge in [-0.2, -0.15) is 4.99 Å². The van der Waals surface area contributed by atoms with Gasteiger partial charge in [0.15, 0.2) is 4.80 Å². The monoisotopic (exact) mass is 392 g/mol. The first-order chi connectivity index (χ1) is 11.0. The quantitative estimate of drug-likeness (QED) is 0.684. The Morgan fingerprint density at radius 2 is 2.26 bits per heavy atom. The van der Waals surface area contributed by atoms with Crippen molar-refractivity contribution in [2.45, 2.75) is 13.0 Å². The zero-order valence-electron chi connectivity index (χ0n) is 12.3. The first kappa shape index (κ1) is 15.8. The van der Waals surface area contributed by atoms with E-state index in [9.17, 15) is 9.59 Å². The Labute approximate surface area is 143 Å². The van der Waals surface area contributed by atoms with E-state index in [1.807, 2.05) is 24.7 Å². The van der Waals surface area contributed by atoms with Gasteiger partial charge in [-0.1, -0.05) is 15.9 Å². The molecule has 2 heterocycles. The van der Waals surface area contributed by atoms with E-state index in [1.165, 1.54) is 22.2 Å². The third kappa shape index (κ3) is 3.48. The van der Waals surface area contributed by atoms with Gasteiger partial charge in [0.1, 0.15) is 0 Å². The van der Waals surface area contributed by atoms with Gasteiger partial charge in [-0.3, -0.25) is 14.2 Å². The van der Waals surface area contributed by atoms with Crippen molar-refractivity contribution in [1.29, 1.82) is 0 Å². The molecule has 0 aliphatic carbocycles. The number of hydrogen-bond donors (Lipinski definition) is 0. The number of nitrogens with zero attached hydrogens (tertiary/aromatic N) is 4. The van der Waals surface area contributed by atoms with E-state index in [0.717, 1.165) is 4.47 Å². The van der Waals surface area contributed by atoms with Crippen molar-refractivity contribution in [2.24, 2.45) is 12.0 Å². The van der Waals surface area contributed by atoms with E-state index in [2.05, 4.69) is 25.9 Å². The Morgan fingerprint density at radius 1 is 1.43 bits per heavy atom. The summed E-state index contributed by atoms with van der Waals surface area (Å²) in [5.74, 6) is -0.260. The molecule has 118 valence electrons. The van der Waals surface area contributed by atoms with Crippen LogP contribution in [0, 0.1) is 0 Å². The zero-order chi connectivity index (χ0) is 16.4. The minimum Gasteiger partial charge on any atom is -0.327 e. The van der Waals surface area contributed by atoms with Gasteiger partial charge < -0.3 is 4.57 Å². The smallest absolute Gasteiger partial charge is 0.261 e. The maximum atomic E-state index is 12.4. The molecule has 0 N–H and O–H groups in total. The van der Waals surface area contributed by atoms with Crippen LogP contribution in [-0.2, 0) is 18.4 Å². The number of benzene rings is 1. The number of rotatable bonds is 3. The summed E-state index contributed by atoms with van der Waals surface area (Å²) in [4.78, 5) is 33.3. The normalized spacial score (nSPS) is 12.0. The molecule has 0 saturated carbocycles. The van der Waals surface area contributed by atoms with Crippen molar-refractivity contribution in [3.05, 3.63) is 55.7 Å². The molecule has 1 amide bonds. The summed E-state index contributed by atoms with van der Waals surface area (Å²) >= 11 is 4.74. The summed E-state index contributed by atoms with van der Waals surface area (Å²) in [6.07, 6.45) is 3.46. The molecule has 2 aromatic heterocycles. The summed E-state index contributed by atoms with van der Waals surface area (Å²) in [5, 5.41) is 2.39. The van der Waals surface area contributed by atoms with Gasteiger partial charge in [-0.25, -0.2) is 4.98 Å². The molecule has 0 aliphatic rings. The van der Waals surface area contributed by atoms with E-state index in [0.29, 0.717) is 15.7 Å². The van der Waals surface area contributed by atoms with Crippen LogP contribution in [0.1, 0.15) is 6.42 Å². The van der Waals surface area contributed by atoms with Crippen molar-refractivity contribution in [3.63, 3.8) is 0 Å². The molecule has 0 unspecified atom stereocenters. The number of thiazole rings is 1. The zero-order valence-corrected chi connectivity index (χ0v) is 14.7. The van der Waals surface area contributed by atoms with Gasteiger partial charge in [0.05, 0.1) is 17.2 Å². The second kappa shape index (κ2) is 6.59. The van der Waals surface area contributed by atoms with Crippen molar-refractivity contribution in [3.8, 4) is 0 Å². The molecule has 3 aromatic rings. The highest BCUT2D eigenvalue weighted by molar-refractivity contribution is 9.10. The highest BCUT2D eigenvalue weighted by Crippen LogP contribution is 2.14. The summed E-state index contributed by atoms with van der Waals surface area (Å²) in [6, 6.07) is 5.35. The van der Waals surface area contributed by atoms with Crippen LogP contribution in [0.2, 0.25) is 0 Å². The van der Waals surface area contributed by atoms with Crippen LogP contribution < -0.4 is 10.4 Å². The van der Waals surface area contributed by atoms with Crippen molar-refractivity contribution in [1.82, 2.24) is 14.1 Å². The number of amides is 1. The van der Waals surface area contributed by atoms with E-state index in [4.69, 9.17) is 0 Å². The number of carbonyl (C=O) groups excluding carboxylic acids is 1. The van der Waals surface area contributed by atoms with Crippen LogP contribution >= 0.6 is 27.3 Å². The third-order valence-electron chi connectivity index (χ3n) is 3.33.